The summed E-state index contributed by atoms with van der Waals surface area (Å²) in [4.78, 5) is 38.1. The first-order valence-electron chi connectivity index (χ1n) is 28.4. The maximum Gasteiger partial charge on any atom is 0.306 e. The molecule has 67 heavy (non-hydrogen) atoms. The lowest BCUT2D eigenvalue weighted by Gasteiger charge is -2.18. The highest BCUT2D eigenvalue weighted by atomic mass is 16.6. The summed E-state index contributed by atoms with van der Waals surface area (Å²) < 4.78 is 16.8. The molecule has 386 valence electrons. The van der Waals surface area contributed by atoms with E-state index in [1.54, 1.807) is 0 Å². The predicted molar refractivity (Wildman–Crippen MR) is 288 cm³/mol. The minimum absolute atomic E-state index is 0.0983. The van der Waals surface area contributed by atoms with Crippen molar-refractivity contribution < 1.29 is 28.6 Å². The van der Waals surface area contributed by atoms with Crippen molar-refractivity contribution in [1.29, 1.82) is 0 Å². The van der Waals surface area contributed by atoms with Crippen molar-refractivity contribution in [2.75, 3.05) is 13.2 Å². The lowest BCUT2D eigenvalue weighted by Crippen LogP contribution is -2.30. The van der Waals surface area contributed by atoms with Crippen LogP contribution in [0.2, 0.25) is 0 Å². The van der Waals surface area contributed by atoms with Gasteiger partial charge >= 0.3 is 17.9 Å². The molecule has 0 fully saturated rings. The Hall–Kier alpha value is -3.15. The van der Waals surface area contributed by atoms with Gasteiger partial charge in [0.1, 0.15) is 13.2 Å². The largest absolute Gasteiger partial charge is 0.462 e. The van der Waals surface area contributed by atoms with Crippen molar-refractivity contribution in [2.24, 2.45) is 0 Å². The molecule has 0 amide bonds. The van der Waals surface area contributed by atoms with Crippen LogP contribution in [0.1, 0.15) is 278 Å². The first kappa shape index (κ1) is 63.8. The van der Waals surface area contributed by atoms with Crippen LogP contribution in [-0.2, 0) is 28.6 Å². The van der Waals surface area contributed by atoms with Crippen LogP contribution in [0.4, 0.5) is 0 Å². The Kier molecular flexibility index (Phi) is 52.8. The molecular weight excluding hydrogens is 829 g/mol. The Morgan fingerprint density at radius 1 is 0.313 bits per heavy atom. The number of esters is 3. The minimum Gasteiger partial charge on any atom is -0.462 e. The van der Waals surface area contributed by atoms with Gasteiger partial charge in [0.15, 0.2) is 6.10 Å². The molecule has 0 rings (SSSR count). The Morgan fingerprint density at radius 2 is 0.597 bits per heavy atom. The quantitative estimate of drug-likeness (QED) is 0.0262. The fourth-order valence-corrected chi connectivity index (χ4v) is 7.94. The van der Waals surface area contributed by atoms with Gasteiger partial charge in [0.25, 0.3) is 0 Å². The zero-order chi connectivity index (χ0) is 48.6. The van der Waals surface area contributed by atoms with E-state index in [4.69, 9.17) is 14.2 Å². The van der Waals surface area contributed by atoms with E-state index in [0.717, 1.165) is 83.5 Å². The second kappa shape index (κ2) is 55.4. The van der Waals surface area contributed by atoms with Crippen LogP contribution in [0.5, 0.6) is 0 Å². The first-order valence-corrected chi connectivity index (χ1v) is 28.4. The summed E-state index contributed by atoms with van der Waals surface area (Å²) >= 11 is 0. The fraction of sp³-hybridized carbons (Fsp3) is 0.754. The first-order chi connectivity index (χ1) is 33.0. The average Bonchev–Trinajstić information content (AvgIpc) is 3.33. The molecule has 1 atom stereocenters. The standard InChI is InChI=1S/C61H106O6/c1-4-7-10-13-16-19-22-25-27-29-30-32-33-36-39-42-45-48-51-54-60(63)66-57-58(56-65-59(62)53-50-47-44-41-38-35-24-21-18-15-12-9-6-3)67-61(64)55-52-49-46-43-40-37-34-31-28-26-23-20-17-14-11-8-5-2/h8,11,17,20-21,24,26,28,34,37,43,46,58H,4-7,9-10,12-16,18-19,22-23,25,27,29-33,35-36,38-42,44-45,47-57H2,1-3H3/b11-8-,20-17-,24-21-,28-26-,37-34-,46-43-. The molecule has 0 saturated heterocycles. The van der Waals surface area contributed by atoms with E-state index >= 15 is 0 Å². The normalized spacial score (nSPS) is 12.6. The number of unbranched alkanes of at least 4 members (excludes halogenated alkanes) is 28. The number of hydrogen-bond donors (Lipinski definition) is 0. The van der Waals surface area contributed by atoms with Crippen molar-refractivity contribution in [2.45, 2.75) is 284 Å². The average molecular weight is 936 g/mol. The van der Waals surface area contributed by atoms with Gasteiger partial charge in [-0.05, 0) is 83.5 Å². The minimum atomic E-state index is -0.807. The molecule has 0 radical (unpaired) electrons. The molecule has 6 heteroatoms. The maximum atomic E-state index is 12.8. The zero-order valence-electron chi connectivity index (χ0n) is 44.2. The molecule has 0 saturated carbocycles. The number of carbonyl (C=O) groups is 3. The van der Waals surface area contributed by atoms with Gasteiger partial charge in [-0.3, -0.25) is 14.4 Å². The number of carbonyl (C=O) groups excluding carboxylic acids is 3. The van der Waals surface area contributed by atoms with Crippen molar-refractivity contribution in [3.63, 3.8) is 0 Å². The molecule has 0 bridgehead atoms. The van der Waals surface area contributed by atoms with Crippen LogP contribution < -0.4 is 0 Å². The van der Waals surface area contributed by atoms with E-state index in [0.29, 0.717) is 19.3 Å². The monoisotopic (exact) mass is 935 g/mol. The van der Waals surface area contributed by atoms with Gasteiger partial charge in [-0.2, -0.15) is 0 Å². The third-order valence-electron chi connectivity index (χ3n) is 12.2. The molecule has 0 N–H and O–H groups in total. The summed E-state index contributed by atoms with van der Waals surface area (Å²) in [6.07, 6.45) is 70.4. The molecule has 0 spiro atoms. The molecule has 0 aromatic carbocycles. The predicted octanol–water partition coefficient (Wildman–Crippen LogP) is 19.0. The number of rotatable bonds is 51. The van der Waals surface area contributed by atoms with E-state index in [1.165, 1.54) is 148 Å². The summed E-state index contributed by atoms with van der Waals surface area (Å²) in [5, 5.41) is 0. The van der Waals surface area contributed by atoms with Crippen molar-refractivity contribution >= 4 is 17.9 Å². The molecule has 6 nitrogen and oxygen atoms in total. The summed E-state index contributed by atoms with van der Waals surface area (Å²) in [5.74, 6) is -0.958. The van der Waals surface area contributed by atoms with E-state index in [2.05, 4.69) is 93.7 Å². The van der Waals surface area contributed by atoms with Crippen molar-refractivity contribution in [3.8, 4) is 0 Å². The lowest BCUT2D eigenvalue weighted by atomic mass is 10.0. The third-order valence-corrected chi connectivity index (χ3v) is 12.2. The highest BCUT2D eigenvalue weighted by Crippen LogP contribution is 2.16. The summed E-state index contributed by atoms with van der Waals surface area (Å²) in [5.41, 5.74) is 0. The SMILES string of the molecule is CC/C=C\C/C=C\C/C=C\C/C=C\C/C=C\CCCC(=O)OC(COC(=O)CCCCCCC/C=C\CCCCCC)COC(=O)CCCCCCCCCCCCCCCCCCCCC. The molecule has 0 heterocycles. The Morgan fingerprint density at radius 3 is 0.985 bits per heavy atom. The van der Waals surface area contributed by atoms with Crippen molar-refractivity contribution in [1.82, 2.24) is 0 Å². The zero-order valence-corrected chi connectivity index (χ0v) is 44.2. The molecule has 0 aromatic rings. The highest BCUT2D eigenvalue weighted by Gasteiger charge is 2.19. The molecule has 0 aliphatic heterocycles. The van der Waals surface area contributed by atoms with E-state index in [1.807, 2.05) is 0 Å². The smallest absolute Gasteiger partial charge is 0.306 e. The Bertz CT molecular complexity index is 1260. The van der Waals surface area contributed by atoms with E-state index < -0.39 is 6.10 Å². The van der Waals surface area contributed by atoms with Gasteiger partial charge in [-0.25, -0.2) is 0 Å². The van der Waals surface area contributed by atoms with Crippen LogP contribution in [0.25, 0.3) is 0 Å². The molecular formula is C61H106O6. The van der Waals surface area contributed by atoms with Crippen molar-refractivity contribution in [3.05, 3.63) is 72.9 Å². The van der Waals surface area contributed by atoms with Gasteiger partial charge in [-0.1, -0.05) is 248 Å². The number of allylic oxidation sites excluding steroid dienone is 12. The Balaban J connectivity index is 4.42. The van der Waals surface area contributed by atoms with Crippen LogP contribution in [0, 0.1) is 0 Å². The highest BCUT2D eigenvalue weighted by molar-refractivity contribution is 5.71. The Labute approximate surface area is 414 Å². The summed E-state index contributed by atoms with van der Waals surface area (Å²) in [6, 6.07) is 0. The van der Waals surface area contributed by atoms with Crippen LogP contribution >= 0.6 is 0 Å². The van der Waals surface area contributed by atoms with Gasteiger partial charge in [0.05, 0.1) is 0 Å². The summed E-state index contributed by atoms with van der Waals surface area (Å²) in [7, 11) is 0. The van der Waals surface area contributed by atoms with Gasteiger partial charge in [-0.15, -0.1) is 0 Å². The third kappa shape index (κ3) is 53.7. The second-order valence-electron chi connectivity index (χ2n) is 18.8. The number of ether oxygens (including phenoxy) is 3. The topological polar surface area (TPSA) is 78.9 Å². The van der Waals surface area contributed by atoms with Gasteiger partial charge in [0, 0.05) is 19.3 Å². The lowest BCUT2D eigenvalue weighted by molar-refractivity contribution is -0.167. The molecule has 0 aliphatic rings. The fourth-order valence-electron chi connectivity index (χ4n) is 7.94. The second-order valence-corrected chi connectivity index (χ2v) is 18.8. The van der Waals surface area contributed by atoms with E-state index in [9.17, 15) is 14.4 Å². The number of hydrogen-bond acceptors (Lipinski definition) is 6. The molecule has 0 aliphatic carbocycles. The molecule has 1 unspecified atom stereocenters. The maximum absolute atomic E-state index is 12.8. The van der Waals surface area contributed by atoms with E-state index in [-0.39, 0.29) is 37.5 Å². The van der Waals surface area contributed by atoms with Crippen LogP contribution in [0.3, 0.4) is 0 Å². The van der Waals surface area contributed by atoms with Gasteiger partial charge in [0.2, 0.25) is 0 Å². The summed E-state index contributed by atoms with van der Waals surface area (Å²) in [6.45, 7) is 6.48. The van der Waals surface area contributed by atoms with Crippen LogP contribution in [-0.4, -0.2) is 37.2 Å². The van der Waals surface area contributed by atoms with Crippen LogP contribution in [0.15, 0.2) is 72.9 Å². The molecule has 0 aromatic heterocycles. The van der Waals surface area contributed by atoms with Gasteiger partial charge < -0.3 is 14.2 Å².